The normalized spacial score (nSPS) is 24.4. The first kappa shape index (κ1) is 11.6. The summed E-state index contributed by atoms with van der Waals surface area (Å²) < 4.78 is 0. The van der Waals surface area contributed by atoms with E-state index in [0.717, 1.165) is 10.6 Å². The second-order valence-electron chi connectivity index (χ2n) is 5.05. The van der Waals surface area contributed by atoms with Crippen LogP contribution in [0.2, 0.25) is 5.02 Å². The van der Waals surface area contributed by atoms with Gasteiger partial charge in [-0.15, -0.1) is 0 Å². The third-order valence-electron chi connectivity index (χ3n) is 2.91. The third-order valence-corrected chi connectivity index (χ3v) is 3.16. The average molecular weight is 238 g/mol. The first-order valence-corrected chi connectivity index (χ1v) is 5.89. The predicted molar refractivity (Wildman–Crippen MR) is 65.6 cm³/mol. The standard InChI is InChI=1S/C13H16ClNO/c1-13(2)8-11(16)7-12(15-13)9-3-5-10(14)6-4-9/h3-6,12,15H,7-8H2,1-2H3/t12-/m0/s1. The predicted octanol–water partition coefficient (Wildman–Crippen LogP) is 3.11. The number of nitrogens with one attached hydrogen (secondary N) is 1. The fourth-order valence-electron chi connectivity index (χ4n) is 2.26. The first-order valence-electron chi connectivity index (χ1n) is 5.51. The van der Waals surface area contributed by atoms with E-state index in [1.165, 1.54) is 0 Å². The Morgan fingerprint density at radius 3 is 2.50 bits per heavy atom. The molecule has 1 saturated heterocycles. The quantitative estimate of drug-likeness (QED) is 0.813. The largest absolute Gasteiger partial charge is 0.304 e. The van der Waals surface area contributed by atoms with Crippen molar-refractivity contribution in [3.05, 3.63) is 34.9 Å². The molecule has 1 fully saturated rings. The van der Waals surface area contributed by atoms with Crippen molar-refractivity contribution in [3.63, 3.8) is 0 Å². The van der Waals surface area contributed by atoms with Gasteiger partial charge in [-0.3, -0.25) is 4.79 Å². The SMILES string of the molecule is CC1(C)CC(=O)C[C@@H](c2ccc(Cl)cc2)N1. The third kappa shape index (κ3) is 2.63. The number of benzene rings is 1. The van der Waals surface area contributed by atoms with E-state index in [1.807, 2.05) is 24.3 Å². The van der Waals surface area contributed by atoms with Crippen molar-refractivity contribution in [1.29, 1.82) is 0 Å². The smallest absolute Gasteiger partial charge is 0.136 e. The van der Waals surface area contributed by atoms with Gasteiger partial charge in [0.2, 0.25) is 0 Å². The number of hydrogen-bond donors (Lipinski definition) is 1. The number of rotatable bonds is 1. The van der Waals surface area contributed by atoms with Crippen molar-refractivity contribution in [2.24, 2.45) is 0 Å². The van der Waals surface area contributed by atoms with Crippen LogP contribution in [0.3, 0.4) is 0 Å². The molecule has 2 nitrogen and oxygen atoms in total. The molecule has 0 aliphatic carbocycles. The number of carbonyl (C=O) groups excluding carboxylic acids is 1. The van der Waals surface area contributed by atoms with Gasteiger partial charge in [0.05, 0.1) is 0 Å². The monoisotopic (exact) mass is 237 g/mol. The fraction of sp³-hybridized carbons (Fsp3) is 0.462. The Morgan fingerprint density at radius 2 is 1.94 bits per heavy atom. The summed E-state index contributed by atoms with van der Waals surface area (Å²) in [7, 11) is 0. The Hall–Kier alpha value is -0.860. The van der Waals surface area contributed by atoms with Gasteiger partial charge < -0.3 is 5.32 Å². The van der Waals surface area contributed by atoms with Gasteiger partial charge >= 0.3 is 0 Å². The second-order valence-corrected chi connectivity index (χ2v) is 5.49. The van der Waals surface area contributed by atoms with Crippen molar-refractivity contribution >= 4 is 17.4 Å². The number of Topliss-reactive ketones (excluding diaryl/α,β-unsaturated/α-hetero) is 1. The van der Waals surface area contributed by atoms with E-state index in [-0.39, 0.29) is 11.6 Å². The van der Waals surface area contributed by atoms with E-state index in [1.54, 1.807) is 0 Å². The maximum absolute atomic E-state index is 11.7. The molecule has 1 aromatic rings. The van der Waals surface area contributed by atoms with Gasteiger partial charge in [0.25, 0.3) is 0 Å². The molecule has 16 heavy (non-hydrogen) atoms. The van der Waals surface area contributed by atoms with Crippen LogP contribution in [0.4, 0.5) is 0 Å². The van der Waals surface area contributed by atoms with E-state index in [2.05, 4.69) is 19.2 Å². The second kappa shape index (κ2) is 4.19. The highest BCUT2D eigenvalue weighted by Gasteiger charge is 2.32. The fourth-order valence-corrected chi connectivity index (χ4v) is 2.39. The van der Waals surface area contributed by atoms with Crippen LogP contribution in [0.25, 0.3) is 0 Å². The van der Waals surface area contributed by atoms with Crippen LogP contribution in [0, 0.1) is 0 Å². The lowest BCUT2D eigenvalue weighted by Crippen LogP contribution is -2.48. The molecular weight excluding hydrogens is 222 g/mol. The number of hydrogen-bond acceptors (Lipinski definition) is 2. The van der Waals surface area contributed by atoms with E-state index in [4.69, 9.17) is 11.6 Å². The molecule has 0 unspecified atom stereocenters. The number of halogens is 1. The van der Waals surface area contributed by atoms with Gasteiger partial charge in [-0.25, -0.2) is 0 Å². The molecule has 1 atom stereocenters. The maximum atomic E-state index is 11.7. The van der Waals surface area contributed by atoms with Gasteiger partial charge in [0, 0.05) is 29.4 Å². The number of piperidine rings is 1. The van der Waals surface area contributed by atoms with Crippen molar-refractivity contribution in [1.82, 2.24) is 5.32 Å². The zero-order valence-corrected chi connectivity index (χ0v) is 10.3. The van der Waals surface area contributed by atoms with Crippen LogP contribution in [0.5, 0.6) is 0 Å². The molecule has 0 spiro atoms. The van der Waals surface area contributed by atoms with Crippen molar-refractivity contribution in [2.75, 3.05) is 0 Å². The Bertz CT molecular complexity index is 397. The van der Waals surface area contributed by atoms with Crippen molar-refractivity contribution in [3.8, 4) is 0 Å². The topological polar surface area (TPSA) is 29.1 Å². The summed E-state index contributed by atoms with van der Waals surface area (Å²) in [6.45, 7) is 4.12. The molecule has 0 radical (unpaired) electrons. The van der Waals surface area contributed by atoms with Gasteiger partial charge in [-0.1, -0.05) is 23.7 Å². The lowest BCUT2D eigenvalue weighted by Gasteiger charge is -2.36. The summed E-state index contributed by atoms with van der Waals surface area (Å²) >= 11 is 5.85. The molecule has 86 valence electrons. The molecule has 1 heterocycles. The summed E-state index contributed by atoms with van der Waals surface area (Å²) in [4.78, 5) is 11.7. The van der Waals surface area contributed by atoms with Crippen LogP contribution in [-0.2, 0) is 4.79 Å². The summed E-state index contributed by atoms with van der Waals surface area (Å²) in [5.74, 6) is 0.323. The minimum atomic E-state index is -0.111. The molecule has 2 rings (SSSR count). The molecule has 0 bridgehead atoms. The average Bonchev–Trinajstić information content (AvgIpc) is 2.15. The lowest BCUT2D eigenvalue weighted by atomic mass is 9.86. The Labute approximate surface area is 101 Å². The number of ketones is 1. The minimum Gasteiger partial charge on any atom is -0.304 e. The summed E-state index contributed by atoms with van der Waals surface area (Å²) in [5.41, 5.74) is 1.02. The van der Waals surface area contributed by atoms with E-state index < -0.39 is 0 Å². The van der Waals surface area contributed by atoms with E-state index in [9.17, 15) is 4.79 Å². The molecule has 1 aliphatic heterocycles. The summed E-state index contributed by atoms with van der Waals surface area (Å²) in [6.07, 6.45) is 1.18. The first-order chi connectivity index (χ1) is 7.46. The van der Waals surface area contributed by atoms with E-state index >= 15 is 0 Å². The Morgan fingerprint density at radius 1 is 1.31 bits per heavy atom. The van der Waals surface area contributed by atoms with Crippen LogP contribution >= 0.6 is 11.6 Å². The molecular formula is C13H16ClNO. The molecule has 1 N–H and O–H groups in total. The molecule has 0 saturated carbocycles. The summed E-state index contributed by atoms with van der Waals surface area (Å²) in [5, 5.41) is 4.22. The highest BCUT2D eigenvalue weighted by Crippen LogP contribution is 2.29. The van der Waals surface area contributed by atoms with Crippen LogP contribution < -0.4 is 5.32 Å². The van der Waals surface area contributed by atoms with Gasteiger partial charge in [0.1, 0.15) is 5.78 Å². The maximum Gasteiger partial charge on any atom is 0.136 e. The van der Waals surface area contributed by atoms with Gasteiger partial charge in [0.15, 0.2) is 0 Å². The molecule has 1 aliphatic rings. The number of carbonyl (C=O) groups is 1. The minimum absolute atomic E-state index is 0.111. The highest BCUT2D eigenvalue weighted by atomic mass is 35.5. The molecule has 1 aromatic carbocycles. The Balaban J connectivity index is 2.21. The zero-order chi connectivity index (χ0) is 11.8. The molecule has 0 amide bonds. The molecule has 3 heteroatoms. The van der Waals surface area contributed by atoms with Gasteiger partial charge in [-0.05, 0) is 31.5 Å². The van der Waals surface area contributed by atoms with Crippen LogP contribution in [-0.4, -0.2) is 11.3 Å². The van der Waals surface area contributed by atoms with E-state index in [0.29, 0.717) is 18.6 Å². The lowest BCUT2D eigenvalue weighted by molar-refractivity contribution is -0.122. The van der Waals surface area contributed by atoms with Crippen molar-refractivity contribution < 1.29 is 4.79 Å². The summed E-state index contributed by atoms with van der Waals surface area (Å²) in [6, 6.07) is 7.81. The molecule has 0 aromatic heterocycles. The van der Waals surface area contributed by atoms with Crippen LogP contribution in [0.15, 0.2) is 24.3 Å². The highest BCUT2D eigenvalue weighted by molar-refractivity contribution is 6.30. The zero-order valence-electron chi connectivity index (χ0n) is 9.59. The van der Waals surface area contributed by atoms with Crippen molar-refractivity contribution in [2.45, 2.75) is 38.3 Å². The Kier molecular flexibility index (Phi) is 3.04. The van der Waals surface area contributed by atoms with Crippen LogP contribution in [0.1, 0.15) is 38.3 Å². The van der Waals surface area contributed by atoms with Gasteiger partial charge in [-0.2, -0.15) is 0 Å².